The number of primary amides is 1. The van der Waals surface area contributed by atoms with Gasteiger partial charge in [-0.2, -0.15) is 0 Å². The first kappa shape index (κ1) is 35.7. The number of nitrogens with zero attached hydrogens (tertiary/aromatic N) is 1. The van der Waals surface area contributed by atoms with Gasteiger partial charge in [0.2, 0.25) is 17.7 Å². The molecule has 0 fully saturated rings. The van der Waals surface area contributed by atoms with Crippen LogP contribution in [0, 0.1) is 0 Å². The van der Waals surface area contributed by atoms with Gasteiger partial charge >= 0.3 is 6.09 Å². The van der Waals surface area contributed by atoms with Crippen molar-refractivity contribution >= 4 is 23.8 Å². The fourth-order valence-corrected chi connectivity index (χ4v) is 4.44. The lowest BCUT2D eigenvalue weighted by atomic mass is 10.0. The molecule has 4 amide bonds. The molecule has 0 heterocycles. The Kier molecular flexibility index (Phi) is 16.5. The highest BCUT2D eigenvalue weighted by molar-refractivity contribution is 5.92. The number of phenolic OH excluding ortho intramolecular Hbond substituents is 1. The molecule has 0 bridgehead atoms. The molecule has 41 heavy (non-hydrogen) atoms. The summed E-state index contributed by atoms with van der Waals surface area (Å²) in [5, 5.41) is 15.5. The van der Waals surface area contributed by atoms with Crippen molar-refractivity contribution in [3.8, 4) is 5.75 Å². The Bertz CT molecular complexity index is 945. The van der Waals surface area contributed by atoms with Crippen molar-refractivity contribution in [2.45, 2.75) is 123 Å². The van der Waals surface area contributed by atoms with E-state index in [9.17, 15) is 24.3 Å². The summed E-state index contributed by atoms with van der Waals surface area (Å²) in [4.78, 5) is 53.6. The molecular formula is C31H52N4O6. The molecule has 2 unspecified atom stereocenters. The van der Waals surface area contributed by atoms with E-state index in [1.165, 1.54) is 17.0 Å². The fourth-order valence-electron chi connectivity index (χ4n) is 4.44. The second-order valence-electron chi connectivity index (χ2n) is 11.5. The van der Waals surface area contributed by atoms with Crippen LogP contribution in [0.3, 0.4) is 0 Å². The minimum Gasteiger partial charge on any atom is -0.508 e. The molecule has 0 aromatic heterocycles. The van der Waals surface area contributed by atoms with Gasteiger partial charge in [0.25, 0.3) is 0 Å². The predicted octanol–water partition coefficient (Wildman–Crippen LogP) is 5.09. The Morgan fingerprint density at radius 1 is 0.927 bits per heavy atom. The van der Waals surface area contributed by atoms with Gasteiger partial charge in [-0.25, -0.2) is 4.79 Å². The molecule has 10 nitrogen and oxygen atoms in total. The molecule has 1 aromatic carbocycles. The zero-order chi connectivity index (χ0) is 30.8. The van der Waals surface area contributed by atoms with E-state index in [-0.39, 0.29) is 31.0 Å². The molecule has 0 saturated carbocycles. The van der Waals surface area contributed by atoms with Crippen LogP contribution in [0.25, 0.3) is 0 Å². The maximum absolute atomic E-state index is 14.2. The highest BCUT2D eigenvalue weighted by atomic mass is 16.6. The number of hydrogen-bond donors (Lipinski definition) is 4. The molecular weight excluding hydrogens is 524 g/mol. The number of benzene rings is 1. The maximum atomic E-state index is 14.2. The van der Waals surface area contributed by atoms with Gasteiger partial charge in [0.1, 0.15) is 23.4 Å². The summed E-state index contributed by atoms with van der Waals surface area (Å²) < 4.78 is 5.38. The molecule has 0 aliphatic heterocycles. The average Bonchev–Trinajstić information content (AvgIpc) is 2.89. The molecule has 0 aliphatic carbocycles. The van der Waals surface area contributed by atoms with E-state index in [2.05, 4.69) is 24.5 Å². The number of amides is 4. The lowest BCUT2D eigenvalue weighted by Gasteiger charge is -2.34. The Morgan fingerprint density at radius 3 is 2.10 bits per heavy atom. The predicted molar refractivity (Wildman–Crippen MR) is 160 cm³/mol. The van der Waals surface area contributed by atoms with Crippen LogP contribution in [0.2, 0.25) is 0 Å². The Balaban J connectivity index is 3.41. The first-order valence-electron chi connectivity index (χ1n) is 15.0. The summed E-state index contributed by atoms with van der Waals surface area (Å²) in [5.41, 5.74) is 5.11. The van der Waals surface area contributed by atoms with Gasteiger partial charge in [-0.3, -0.25) is 14.4 Å². The third-order valence-corrected chi connectivity index (χ3v) is 6.55. The summed E-state index contributed by atoms with van der Waals surface area (Å²) in [7, 11) is 0. The SMILES string of the molecule is CCCCCCCCN(C(=O)C(CCC(N)=O)NC(=O)OC(C)(C)C)C(C(=O)NCCCCC)c1ccc(O)cc1. The van der Waals surface area contributed by atoms with Crippen LogP contribution >= 0.6 is 0 Å². The summed E-state index contributed by atoms with van der Waals surface area (Å²) in [5.74, 6) is -1.43. The van der Waals surface area contributed by atoms with E-state index in [0.717, 1.165) is 51.4 Å². The van der Waals surface area contributed by atoms with Gasteiger partial charge in [-0.1, -0.05) is 70.9 Å². The van der Waals surface area contributed by atoms with Gasteiger partial charge in [0.05, 0.1) is 0 Å². The Hall–Kier alpha value is -3.30. The van der Waals surface area contributed by atoms with Crippen LogP contribution < -0.4 is 16.4 Å². The Morgan fingerprint density at radius 2 is 1.51 bits per heavy atom. The number of carbonyl (C=O) groups excluding carboxylic acids is 4. The molecule has 0 aliphatic rings. The number of phenols is 1. The van der Waals surface area contributed by atoms with Crippen LogP contribution in [0.15, 0.2) is 24.3 Å². The van der Waals surface area contributed by atoms with E-state index in [1.54, 1.807) is 32.9 Å². The first-order chi connectivity index (χ1) is 19.4. The van der Waals surface area contributed by atoms with E-state index < -0.39 is 35.6 Å². The largest absolute Gasteiger partial charge is 0.508 e. The number of alkyl carbamates (subject to hydrolysis) is 1. The highest BCUT2D eigenvalue weighted by Gasteiger charge is 2.36. The zero-order valence-electron chi connectivity index (χ0n) is 25.7. The number of hydrogen-bond acceptors (Lipinski definition) is 6. The molecule has 5 N–H and O–H groups in total. The van der Waals surface area contributed by atoms with Crippen LogP contribution in [0.4, 0.5) is 4.79 Å². The number of aromatic hydroxyl groups is 1. The first-order valence-corrected chi connectivity index (χ1v) is 15.0. The van der Waals surface area contributed by atoms with Crippen molar-refractivity contribution in [2.75, 3.05) is 13.1 Å². The van der Waals surface area contributed by atoms with E-state index >= 15 is 0 Å². The number of nitrogens with one attached hydrogen (secondary N) is 2. The topological polar surface area (TPSA) is 151 Å². The second kappa shape index (κ2) is 18.9. The molecule has 0 saturated heterocycles. The molecule has 0 spiro atoms. The third-order valence-electron chi connectivity index (χ3n) is 6.55. The molecule has 0 radical (unpaired) electrons. The summed E-state index contributed by atoms with van der Waals surface area (Å²) in [6.07, 6.45) is 7.65. The normalized spacial score (nSPS) is 12.7. The van der Waals surface area contributed by atoms with Crippen molar-refractivity contribution in [1.82, 2.24) is 15.5 Å². The zero-order valence-corrected chi connectivity index (χ0v) is 25.7. The van der Waals surface area contributed by atoms with Crippen molar-refractivity contribution in [2.24, 2.45) is 5.73 Å². The molecule has 1 aromatic rings. The van der Waals surface area contributed by atoms with E-state index in [1.807, 2.05) is 0 Å². The van der Waals surface area contributed by atoms with Gasteiger partial charge in [-0.05, 0) is 57.7 Å². The lowest BCUT2D eigenvalue weighted by Crippen LogP contribution is -2.53. The number of carbonyl (C=O) groups is 4. The average molecular weight is 577 g/mol. The number of nitrogens with two attached hydrogens (primary N) is 1. The van der Waals surface area contributed by atoms with Crippen LogP contribution in [0.1, 0.15) is 117 Å². The van der Waals surface area contributed by atoms with Gasteiger partial charge in [0.15, 0.2) is 0 Å². The smallest absolute Gasteiger partial charge is 0.408 e. The number of unbranched alkanes of at least 4 members (excludes halogenated alkanes) is 7. The fraction of sp³-hybridized carbons (Fsp3) is 0.677. The third kappa shape index (κ3) is 14.8. The van der Waals surface area contributed by atoms with E-state index in [0.29, 0.717) is 18.5 Å². The standard InChI is InChI=1S/C31H52N4O6/c1-6-8-10-11-12-14-22-35(29(39)25(19-20-26(32)37)34-30(40)41-31(3,4)5)27(23-15-17-24(36)18-16-23)28(38)33-21-13-9-7-2/h15-18,25,27,36H,6-14,19-22H2,1-5H3,(H2,32,37)(H,33,38)(H,34,40). The molecule has 2 atom stereocenters. The lowest BCUT2D eigenvalue weighted by molar-refractivity contribution is -0.142. The minimum atomic E-state index is -1.13. The summed E-state index contributed by atoms with van der Waals surface area (Å²) in [6, 6.07) is 4.05. The second-order valence-corrected chi connectivity index (χ2v) is 11.5. The van der Waals surface area contributed by atoms with Crippen LogP contribution in [-0.4, -0.2) is 58.6 Å². The summed E-state index contributed by atoms with van der Waals surface area (Å²) in [6.45, 7) is 10.1. The van der Waals surface area contributed by atoms with Crippen molar-refractivity contribution in [3.05, 3.63) is 29.8 Å². The van der Waals surface area contributed by atoms with Gasteiger partial charge in [0, 0.05) is 19.5 Å². The van der Waals surface area contributed by atoms with Crippen molar-refractivity contribution in [1.29, 1.82) is 0 Å². The molecule has 1 rings (SSSR count). The van der Waals surface area contributed by atoms with Crippen molar-refractivity contribution in [3.63, 3.8) is 0 Å². The quantitative estimate of drug-likeness (QED) is 0.169. The number of ether oxygens (including phenoxy) is 1. The maximum Gasteiger partial charge on any atom is 0.408 e. The van der Waals surface area contributed by atoms with Crippen molar-refractivity contribution < 1.29 is 29.0 Å². The van der Waals surface area contributed by atoms with Gasteiger partial charge in [-0.15, -0.1) is 0 Å². The monoisotopic (exact) mass is 576 g/mol. The van der Waals surface area contributed by atoms with Crippen LogP contribution in [-0.2, 0) is 19.1 Å². The van der Waals surface area contributed by atoms with E-state index in [4.69, 9.17) is 10.5 Å². The summed E-state index contributed by atoms with van der Waals surface area (Å²) >= 11 is 0. The van der Waals surface area contributed by atoms with Crippen LogP contribution in [0.5, 0.6) is 5.75 Å². The number of rotatable bonds is 19. The minimum absolute atomic E-state index is 0.0376. The highest BCUT2D eigenvalue weighted by Crippen LogP contribution is 2.26. The molecule has 10 heteroatoms. The Labute approximate surface area is 245 Å². The van der Waals surface area contributed by atoms with Gasteiger partial charge < -0.3 is 31.1 Å². The molecule has 232 valence electrons.